The van der Waals surface area contributed by atoms with E-state index < -0.39 is 6.10 Å². The molecule has 7 heteroatoms. The van der Waals surface area contributed by atoms with Crippen LogP contribution in [0.15, 0.2) is 53.1 Å². The van der Waals surface area contributed by atoms with Crippen molar-refractivity contribution in [3.8, 4) is 22.9 Å². The molecule has 0 saturated carbocycles. The van der Waals surface area contributed by atoms with Crippen LogP contribution in [-0.4, -0.2) is 41.2 Å². The van der Waals surface area contributed by atoms with Gasteiger partial charge in [0.2, 0.25) is 11.7 Å². The molecular formula is C22H25N3O4. The van der Waals surface area contributed by atoms with Crippen molar-refractivity contribution in [3.05, 3.63) is 60.0 Å². The van der Waals surface area contributed by atoms with Gasteiger partial charge in [-0.3, -0.25) is 4.79 Å². The van der Waals surface area contributed by atoms with Crippen LogP contribution < -0.4 is 9.47 Å². The van der Waals surface area contributed by atoms with Gasteiger partial charge in [0.15, 0.2) is 6.10 Å². The summed E-state index contributed by atoms with van der Waals surface area (Å²) < 4.78 is 16.3. The van der Waals surface area contributed by atoms with Crippen molar-refractivity contribution in [2.24, 2.45) is 0 Å². The van der Waals surface area contributed by atoms with E-state index in [1.807, 2.05) is 62.4 Å². The zero-order valence-electron chi connectivity index (χ0n) is 17.1. The van der Waals surface area contributed by atoms with Crippen molar-refractivity contribution >= 4 is 5.91 Å². The van der Waals surface area contributed by atoms with Crippen LogP contribution >= 0.6 is 0 Å². The van der Waals surface area contributed by atoms with Gasteiger partial charge in [-0.15, -0.1) is 0 Å². The van der Waals surface area contributed by atoms with Gasteiger partial charge in [-0.25, -0.2) is 0 Å². The molecule has 7 nitrogen and oxygen atoms in total. The van der Waals surface area contributed by atoms with Crippen LogP contribution in [0.5, 0.6) is 11.5 Å². The summed E-state index contributed by atoms with van der Waals surface area (Å²) in [6, 6.07) is 15.0. The summed E-state index contributed by atoms with van der Waals surface area (Å²) in [5, 5.41) is 4.00. The molecule has 0 aliphatic heterocycles. The number of ether oxygens (including phenoxy) is 2. The van der Waals surface area contributed by atoms with Crippen molar-refractivity contribution in [1.82, 2.24) is 15.0 Å². The summed E-state index contributed by atoms with van der Waals surface area (Å²) in [5.74, 6) is 2.10. The van der Waals surface area contributed by atoms with Gasteiger partial charge in [-0.05, 0) is 49.7 Å². The molecule has 1 aromatic heterocycles. The molecule has 1 atom stereocenters. The van der Waals surface area contributed by atoms with Crippen LogP contribution in [0.4, 0.5) is 0 Å². The first-order valence-electron chi connectivity index (χ1n) is 9.45. The van der Waals surface area contributed by atoms with Crippen molar-refractivity contribution < 1.29 is 18.8 Å². The molecule has 0 spiro atoms. The molecule has 3 rings (SSSR count). The SMILES string of the molecule is CCC(Oc1ccc(C)cc1)C(=O)N(C)Cc1nc(-c2ccc(OC)cc2)no1. The molecule has 1 heterocycles. The molecular weight excluding hydrogens is 370 g/mol. The second-order valence-corrected chi connectivity index (χ2v) is 6.76. The summed E-state index contributed by atoms with van der Waals surface area (Å²) >= 11 is 0. The Kier molecular flexibility index (Phi) is 6.49. The number of aromatic nitrogens is 2. The van der Waals surface area contributed by atoms with E-state index in [-0.39, 0.29) is 12.5 Å². The first kappa shape index (κ1) is 20.4. The zero-order valence-corrected chi connectivity index (χ0v) is 17.1. The molecule has 0 saturated heterocycles. The van der Waals surface area contributed by atoms with Crippen LogP contribution in [0, 0.1) is 6.92 Å². The minimum atomic E-state index is -0.577. The number of amides is 1. The van der Waals surface area contributed by atoms with E-state index in [9.17, 15) is 4.79 Å². The second kappa shape index (κ2) is 9.23. The monoisotopic (exact) mass is 395 g/mol. The van der Waals surface area contributed by atoms with E-state index in [0.29, 0.717) is 23.9 Å². The van der Waals surface area contributed by atoms with Crippen LogP contribution in [0.25, 0.3) is 11.4 Å². The first-order chi connectivity index (χ1) is 14.0. The normalized spacial score (nSPS) is 11.7. The highest BCUT2D eigenvalue weighted by atomic mass is 16.5. The maximum atomic E-state index is 12.8. The van der Waals surface area contributed by atoms with Gasteiger partial charge in [-0.1, -0.05) is 29.8 Å². The van der Waals surface area contributed by atoms with E-state index in [0.717, 1.165) is 16.9 Å². The Morgan fingerprint density at radius 3 is 2.38 bits per heavy atom. The fourth-order valence-corrected chi connectivity index (χ4v) is 2.79. The number of carbonyl (C=O) groups is 1. The van der Waals surface area contributed by atoms with Gasteiger partial charge in [0.1, 0.15) is 11.5 Å². The second-order valence-electron chi connectivity index (χ2n) is 6.76. The molecule has 2 aromatic carbocycles. The molecule has 1 amide bonds. The lowest BCUT2D eigenvalue weighted by Crippen LogP contribution is -2.39. The number of methoxy groups -OCH3 is 1. The zero-order chi connectivity index (χ0) is 20.8. The molecule has 0 bridgehead atoms. The number of nitrogens with zero attached hydrogens (tertiary/aromatic N) is 3. The molecule has 0 fully saturated rings. The van der Waals surface area contributed by atoms with E-state index in [2.05, 4.69) is 10.1 Å². The number of benzene rings is 2. The van der Waals surface area contributed by atoms with Gasteiger partial charge >= 0.3 is 0 Å². The van der Waals surface area contributed by atoms with Crippen LogP contribution in [0.3, 0.4) is 0 Å². The molecule has 1 unspecified atom stereocenters. The summed E-state index contributed by atoms with van der Waals surface area (Å²) in [6.07, 6.45) is -0.0236. The number of carbonyl (C=O) groups excluding carboxylic acids is 1. The topological polar surface area (TPSA) is 77.7 Å². The Labute approximate surface area is 170 Å². The number of aryl methyl sites for hydroxylation is 1. The Hall–Kier alpha value is -3.35. The number of hydrogen-bond donors (Lipinski definition) is 0. The maximum Gasteiger partial charge on any atom is 0.263 e. The average Bonchev–Trinajstić information content (AvgIpc) is 3.21. The van der Waals surface area contributed by atoms with Crippen LogP contribution in [0.1, 0.15) is 24.8 Å². The summed E-state index contributed by atoms with van der Waals surface area (Å²) in [5.41, 5.74) is 1.95. The summed E-state index contributed by atoms with van der Waals surface area (Å²) in [4.78, 5) is 18.7. The third-order valence-electron chi connectivity index (χ3n) is 4.51. The van der Waals surface area contributed by atoms with Crippen molar-refractivity contribution in [3.63, 3.8) is 0 Å². The van der Waals surface area contributed by atoms with Crippen molar-refractivity contribution in [2.75, 3.05) is 14.2 Å². The molecule has 3 aromatic rings. The Morgan fingerprint density at radius 1 is 1.10 bits per heavy atom. The predicted octanol–water partition coefficient (Wildman–Crippen LogP) is 3.87. The maximum absolute atomic E-state index is 12.8. The van der Waals surface area contributed by atoms with E-state index in [4.69, 9.17) is 14.0 Å². The predicted molar refractivity (Wildman–Crippen MR) is 109 cm³/mol. The highest BCUT2D eigenvalue weighted by molar-refractivity contribution is 5.80. The third-order valence-corrected chi connectivity index (χ3v) is 4.51. The largest absolute Gasteiger partial charge is 0.497 e. The standard InChI is InChI=1S/C22H25N3O4/c1-5-19(28-18-10-6-15(2)7-11-18)22(26)25(3)14-20-23-21(24-29-20)16-8-12-17(27-4)13-9-16/h6-13,19H,5,14H2,1-4H3. The van der Waals surface area contributed by atoms with Crippen LogP contribution in [-0.2, 0) is 11.3 Å². The molecule has 152 valence electrons. The van der Waals surface area contributed by atoms with Gasteiger partial charge in [0.25, 0.3) is 5.91 Å². The Morgan fingerprint density at radius 2 is 1.76 bits per heavy atom. The first-order valence-corrected chi connectivity index (χ1v) is 9.45. The Bertz CT molecular complexity index is 935. The van der Waals surface area contributed by atoms with Gasteiger partial charge in [-0.2, -0.15) is 4.98 Å². The lowest BCUT2D eigenvalue weighted by molar-refractivity contribution is -0.138. The molecule has 0 N–H and O–H groups in total. The lowest BCUT2D eigenvalue weighted by Gasteiger charge is -2.22. The minimum Gasteiger partial charge on any atom is -0.497 e. The molecule has 0 aliphatic rings. The molecule has 0 radical (unpaired) electrons. The number of likely N-dealkylation sites (N-methyl/N-ethyl adjacent to an activating group) is 1. The quantitative estimate of drug-likeness (QED) is 0.576. The van der Waals surface area contributed by atoms with Gasteiger partial charge in [0.05, 0.1) is 13.7 Å². The van der Waals surface area contributed by atoms with E-state index in [1.54, 1.807) is 14.2 Å². The lowest BCUT2D eigenvalue weighted by atomic mass is 10.2. The van der Waals surface area contributed by atoms with E-state index in [1.165, 1.54) is 4.90 Å². The third kappa shape index (κ3) is 5.13. The number of rotatable bonds is 8. The van der Waals surface area contributed by atoms with Gasteiger partial charge in [0, 0.05) is 12.6 Å². The molecule has 29 heavy (non-hydrogen) atoms. The fraction of sp³-hybridized carbons (Fsp3) is 0.318. The van der Waals surface area contributed by atoms with Crippen LogP contribution in [0.2, 0.25) is 0 Å². The fourth-order valence-electron chi connectivity index (χ4n) is 2.79. The van der Waals surface area contributed by atoms with Crippen molar-refractivity contribution in [2.45, 2.75) is 32.9 Å². The van der Waals surface area contributed by atoms with Crippen molar-refractivity contribution in [1.29, 1.82) is 0 Å². The Balaban J connectivity index is 1.63. The number of hydrogen-bond acceptors (Lipinski definition) is 6. The minimum absolute atomic E-state index is 0.141. The summed E-state index contributed by atoms with van der Waals surface area (Å²) in [7, 11) is 3.31. The summed E-state index contributed by atoms with van der Waals surface area (Å²) in [6.45, 7) is 4.12. The smallest absolute Gasteiger partial charge is 0.263 e. The van der Waals surface area contributed by atoms with Gasteiger partial charge < -0.3 is 18.9 Å². The van der Waals surface area contributed by atoms with E-state index >= 15 is 0 Å². The highest BCUT2D eigenvalue weighted by Crippen LogP contribution is 2.20. The molecule has 0 aliphatic carbocycles. The highest BCUT2D eigenvalue weighted by Gasteiger charge is 2.24. The average molecular weight is 395 g/mol.